The Hall–Kier alpha value is -0.670. The van der Waals surface area contributed by atoms with Gasteiger partial charge in [0, 0.05) is 30.8 Å². The second-order valence-corrected chi connectivity index (χ2v) is 9.30. The molecular weight excluding hydrogens is 427 g/mol. The highest BCUT2D eigenvalue weighted by molar-refractivity contribution is 14.1. The minimum absolute atomic E-state index is 0.0629. The van der Waals surface area contributed by atoms with E-state index in [9.17, 15) is 13.2 Å². The van der Waals surface area contributed by atoms with Gasteiger partial charge in [-0.25, -0.2) is 12.7 Å². The number of rotatable bonds is 3. The number of carbonyl (C=O) groups is 1. The van der Waals surface area contributed by atoms with Crippen molar-refractivity contribution in [3.63, 3.8) is 0 Å². The number of halogens is 1. The number of carbonyl (C=O) groups excluding carboxylic acids is 1. The van der Waals surface area contributed by atoms with Gasteiger partial charge in [0.25, 0.3) is 5.91 Å². The molecule has 128 valence electrons. The molecule has 1 fully saturated rings. The fourth-order valence-electron chi connectivity index (χ4n) is 2.66. The van der Waals surface area contributed by atoms with Crippen molar-refractivity contribution >= 4 is 38.5 Å². The molecule has 0 N–H and O–H groups in total. The number of hydrogen-bond acceptors (Lipinski definition) is 3. The summed E-state index contributed by atoms with van der Waals surface area (Å²) in [7, 11) is -0.548. The smallest absolute Gasteiger partial charge is 0.254 e. The summed E-state index contributed by atoms with van der Waals surface area (Å²) in [6, 6.07) is 4.77. The van der Waals surface area contributed by atoms with E-state index in [4.69, 9.17) is 0 Å². The second-order valence-electron chi connectivity index (χ2n) is 5.99. The minimum Gasteiger partial charge on any atom is -0.339 e. The lowest BCUT2D eigenvalue weighted by molar-refractivity contribution is 0.0741. The number of amides is 1. The number of benzene rings is 1. The maximum atomic E-state index is 12.8. The lowest BCUT2D eigenvalue weighted by atomic mass is 10.1. The molecule has 1 aliphatic rings. The van der Waals surface area contributed by atoms with Crippen molar-refractivity contribution in [2.75, 3.05) is 27.2 Å². The van der Waals surface area contributed by atoms with Gasteiger partial charge in [-0.1, -0.05) is 19.3 Å². The van der Waals surface area contributed by atoms with Crippen molar-refractivity contribution in [1.29, 1.82) is 0 Å². The first-order chi connectivity index (χ1) is 10.8. The zero-order valence-electron chi connectivity index (χ0n) is 13.6. The van der Waals surface area contributed by atoms with Crippen molar-refractivity contribution in [2.45, 2.75) is 37.0 Å². The van der Waals surface area contributed by atoms with Crippen molar-refractivity contribution < 1.29 is 13.2 Å². The highest BCUT2D eigenvalue weighted by Crippen LogP contribution is 2.22. The molecule has 0 unspecified atom stereocenters. The third-order valence-corrected chi connectivity index (χ3v) is 6.84. The predicted octanol–water partition coefficient (Wildman–Crippen LogP) is 2.95. The van der Waals surface area contributed by atoms with Crippen LogP contribution in [-0.4, -0.2) is 50.7 Å². The maximum absolute atomic E-state index is 12.8. The number of nitrogens with zero attached hydrogens (tertiary/aromatic N) is 2. The zero-order valence-corrected chi connectivity index (χ0v) is 16.6. The highest BCUT2D eigenvalue weighted by atomic mass is 127. The summed E-state index contributed by atoms with van der Waals surface area (Å²) in [6.45, 7) is 1.50. The molecule has 1 heterocycles. The van der Waals surface area contributed by atoms with Crippen molar-refractivity contribution in [1.82, 2.24) is 9.21 Å². The van der Waals surface area contributed by atoms with Crippen LogP contribution in [0.5, 0.6) is 0 Å². The van der Waals surface area contributed by atoms with Crippen molar-refractivity contribution in [2.24, 2.45) is 0 Å². The Morgan fingerprint density at radius 1 is 1.09 bits per heavy atom. The van der Waals surface area contributed by atoms with Crippen LogP contribution in [0.1, 0.15) is 42.5 Å². The lowest BCUT2D eigenvalue weighted by Crippen LogP contribution is -2.34. The quantitative estimate of drug-likeness (QED) is 0.666. The molecule has 0 saturated carbocycles. The van der Waals surface area contributed by atoms with Crippen LogP contribution in [-0.2, 0) is 10.0 Å². The maximum Gasteiger partial charge on any atom is 0.254 e. The van der Waals surface area contributed by atoms with Gasteiger partial charge in [-0.2, -0.15) is 0 Å². The Morgan fingerprint density at radius 2 is 1.65 bits per heavy atom. The monoisotopic (exact) mass is 450 g/mol. The van der Waals surface area contributed by atoms with Crippen LogP contribution in [0.3, 0.4) is 0 Å². The first-order valence-corrected chi connectivity index (χ1v) is 10.4. The number of sulfonamides is 1. The molecule has 5 nitrogen and oxygen atoms in total. The number of hydrogen-bond donors (Lipinski definition) is 0. The van der Waals surface area contributed by atoms with Crippen LogP contribution in [0, 0.1) is 3.57 Å². The Morgan fingerprint density at radius 3 is 2.22 bits per heavy atom. The summed E-state index contributed by atoms with van der Waals surface area (Å²) < 4.78 is 26.5. The molecule has 1 aromatic rings. The molecule has 1 amide bonds. The Balaban J connectivity index is 2.32. The van der Waals surface area contributed by atoms with Crippen molar-refractivity contribution in [3.8, 4) is 0 Å². The molecular formula is C16H23IN2O3S. The fourth-order valence-corrected chi connectivity index (χ4v) is 4.16. The number of likely N-dealkylation sites (tertiary alicyclic amines) is 1. The predicted molar refractivity (Wildman–Crippen MR) is 99.0 cm³/mol. The molecule has 2 rings (SSSR count). The SMILES string of the molecule is CN(C)S(=O)(=O)c1ccc(I)c(C(=O)N2CCCCCCC2)c1. The highest BCUT2D eigenvalue weighted by Gasteiger charge is 2.23. The summed E-state index contributed by atoms with van der Waals surface area (Å²) in [5, 5.41) is 0. The standard InChI is InChI=1S/C16H23IN2O3S/c1-18(2)23(21,22)13-8-9-15(17)14(12-13)16(20)19-10-6-4-3-5-7-11-19/h8-9,12H,3-7,10-11H2,1-2H3. The molecule has 1 saturated heterocycles. The molecule has 0 aromatic heterocycles. The van der Waals surface area contributed by atoms with E-state index < -0.39 is 10.0 Å². The van der Waals surface area contributed by atoms with Crippen molar-refractivity contribution in [3.05, 3.63) is 27.3 Å². The molecule has 0 spiro atoms. The summed E-state index contributed by atoms with van der Waals surface area (Å²) in [5.41, 5.74) is 0.481. The topological polar surface area (TPSA) is 57.7 Å². The molecule has 7 heteroatoms. The molecule has 0 bridgehead atoms. The van der Waals surface area contributed by atoms with Crippen LogP contribution in [0.25, 0.3) is 0 Å². The average molecular weight is 450 g/mol. The fraction of sp³-hybridized carbons (Fsp3) is 0.562. The van der Waals surface area contributed by atoms with Crippen LogP contribution < -0.4 is 0 Å². The molecule has 1 aliphatic heterocycles. The summed E-state index contributed by atoms with van der Waals surface area (Å²) in [4.78, 5) is 14.9. The van der Waals surface area contributed by atoms with Gasteiger partial charge >= 0.3 is 0 Å². The van der Waals surface area contributed by atoms with Gasteiger partial charge in [0.15, 0.2) is 0 Å². The molecule has 0 aliphatic carbocycles. The van der Waals surface area contributed by atoms with E-state index in [2.05, 4.69) is 22.6 Å². The molecule has 0 atom stereocenters. The Kier molecular flexibility index (Phi) is 6.44. The van der Waals surface area contributed by atoms with E-state index in [1.54, 1.807) is 12.1 Å². The second kappa shape index (κ2) is 7.94. The van der Waals surface area contributed by atoms with Gasteiger partial charge in [0.2, 0.25) is 10.0 Å². The normalized spacial score (nSPS) is 17.0. The van der Waals surface area contributed by atoms with E-state index in [1.165, 1.54) is 30.9 Å². The van der Waals surface area contributed by atoms with Gasteiger partial charge in [-0.05, 0) is 53.6 Å². The van der Waals surface area contributed by atoms with Crippen LogP contribution in [0.4, 0.5) is 0 Å². The van der Waals surface area contributed by atoms with Crippen LogP contribution in [0.15, 0.2) is 23.1 Å². The van der Waals surface area contributed by atoms with E-state index in [0.717, 1.165) is 42.3 Å². The molecule has 23 heavy (non-hydrogen) atoms. The van der Waals surface area contributed by atoms with E-state index in [1.807, 2.05) is 4.90 Å². The summed E-state index contributed by atoms with van der Waals surface area (Å²) in [5.74, 6) is -0.0629. The lowest BCUT2D eigenvalue weighted by Gasteiger charge is -2.25. The third kappa shape index (κ3) is 4.45. The zero-order chi connectivity index (χ0) is 17.0. The van der Waals surface area contributed by atoms with Crippen LogP contribution in [0.2, 0.25) is 0 Å². The first kappa shape index (κ1) is 18.7. The summed E-state index contributed by atoms with van der Waals surface area (Å²) >= 11 is 2.10. The van der Waals surface area contributed by atoms with Gasteiger partial charge < -0.3 is 4.90 Å². The summed E-state index contributed by atoms with van der Waals surface area (Å²) in [6.07, 6.45) is 5.55. The Labute approximate surface area is 152 Å². The first-order valence-electron chi connectivity index (χ1n) is 7.85. The largest absolute Gasteiger partial charge is 0.339 e. The van der Waals surface area contributed by atoms with Gasteiger partial charge in [-0.3, -0.25) is 4.79 Å². The van der Waals surface area contributed by atoms with E-state index in [-0.39, 0.29) is 10.8 Å². The van der Waals surface area contributed by atoms with Gasteiger partial charge in [0.05, 0.1) is 10.5 Å². The molecule has 0 radical (unpaired) electrons. The van der Waals surface area contributed by atoms with E-state index >= 15 is 0 Å². The van der Waals surface area contributed by atoms with Gasteiger partial charge in [0.1, 0.15) is 0 Å². The van der Waals surface area contributed by atoms with E-state index in [0.29, 0.717) is 5.56 Å². The minimum atomic E-state index is -3.53. The van der Waals surface area contributed by atoms with Crippen LogP contribution >= 0.6 is 22.6 Å². The molecule has 1 aromatic carbocycles. The average Bonchev–Trinajstić information content (AvgIpc) is 2.46. The van der Waals surface area contributed by atoms with Gasteiger partial charge in [-0.15, -0.1) is 0 Å². The third-order valence-electron chi connectivity index (χ3n) is 4.09. The Bertz CT molecular complexity index is 666.